The summed E-state index contributed by atoms with van der Waals surface area (Å²) >= 11 is 0. The number of hydrogen-bond acceptors (Lipinski definition) is 2. The molecule has 1 fully saturated rings. The summed E-state index contributed by atoms with van der Waals surface area (Å²) < 4.78 is 13.4. The van der Waals surface area contributed by atoms with Crippen molar-refractivity contribution in [2.75, 3.05) is 6.54 Å². The van der Waals surface area contributed by atoms with Gasteiger partial charge in [0.1, 0.15) is 5.82 Å². The molecule has 0 spiro atoms. The Morgan fingerprint density at radius 3 is 2.86 bits per heavy atom. The maximum atomic E-state index is 13.4. The van der Waals surface area contributed by atoms with Crippen LogP contribution in [0.3, 0.4) is 0 Å². The van der Waals surface area contributed by atoms with Gasteiger partial charge in [-0.3, -0.25) is 4.79 Å². The van der Waals surface area contributed by atoms with Crippen LogP contribution in [0.25, 0.3) is 0 Å². The molecule has 1 amide bonds. The van der Waals surface area contributed by atoms with Crippen molar-refractivity contribution in [2.45, 2.75) is 38.6 Å². The van der Waals surface area contributed by atoms with Crippen molar-refractivity contribution in [1.82, 2.24) is 5.32 Å². The van der Waals surface area contributed by atoms with Crippen LogP contribution in [0.4, 0.5) is 4.39 Å². The van der Waals surface area contributed by atoms with Gasteiger partial charge >= 0.3 is 0 Å². The summed E-state index contributed by atoms with van der Waals surface area (Å²) in [6.07, 6.45) is 4.73. The molecule has 1 saturated carbocycles. The molecule has 1 aromatic carbocycles. The molecule has 2 rings (SSSR count). The Morgan fingerprint density at radius 1 is 1.48 bits per heavy atom. The van der Waals surface area contributed by atoms with E-state index in [0.717, 1.165) is 12.8 Å². The van der Waals surface area contributed by atoms with Crippen molar-refractivity contribution in [3.63, 3.8) is 0 Å². The highest BCUT2D eigenvalue weighted by Crippen LogP contribution is 2.27. The van der Waals surface area contributed by atoms with Crippen LogP contribution < -0.4 is 11.1 Å². The SMILES string of the molecule is CC(NC(=O)c1cc(F)ccc1C#CCN)C1CCCC1. The molecule has 4 heteroatoms. The van der Waals surface area contributed by atoms with E-state index in [1.54, 1.807) is 0 Å². The average molecular weight is 288 g/mol. The van der Waals surface area contributed by atoms with E-state index < -0.39 is 5.82 Å². The highest BCUT2D eigenvalue weighted by atomic mass is 19.1. The molecule has 1 aromatic rings. The van der Waals surface area contributed by atoms with Crippen molar-refractivity contribution in [2.24, 2.45) is 11.7 Å². The molecule has 21 heavy (non-hydrogen) atoms. The Morgan fingerprint density at radius 2 is 2.19 bits per heavy atom. The van der Waals surface area contributed by atoms with Crippen LogP contribution in [0.5, 0.6) is 0 Å². The Bertz CT molecular complexity index is 568. The molecule has 0 radical (unpaired) electrons. The second kappa shape index (κ2) is 7.24. The standard InChI is InChI=1S/C17H21FN2O/c1-12(13-5-2-3-6-13)20-17(21)16-11-15(18)9-8-14(16)7-4-10-19/h8-9,11-13H,2-3,5-6,10,19H2,1H3,(H,20,21). The maximum absolute atomic E-state index is 13.4. The molecule has 1 aliphatic carbocycles. The Labute approximate surface area is 125 Å². The lowest BCUT2D eigenvalue weighted by Gasteiger charge is -2.20. The van der Waals surface area contributed by atoms with E-state index in [-0.39, 0.29) is 24.1 Å². The normalized spacial score (nSPS) is 16.1. The van der Waals surface area contributed by atoms with Gasteiger partial charge in [0.2, 0.25) is 0 Å². The number of carbonyl (C=O) groups is 1. The van der Waals surface area contributed by atoms with E-state index in [0.29, 0.717) is 11.5 Å². The number of nitrogens with one attached hydrogen (secondary N) is 1. The van der Waals surface area contributed by atoms with E-state index in [1.165, 1.54) is 31.0 Å². The van der Waals surface area contributed by atoms with Crippen LogP contribution in [-0.4, -0.2) is 18.5 Å². The summed E-state index contributed by atoms with van der Waals surface area (Å²) in [4.78, 5) is 12.4. The lowest BCUT2D eigenvalue weighted by atomic mass is 9.99. The topological polar surface area (TPSA) is 55.1 Å². The predicted octanol–water partition coefficient (Wildman–Crippen LogP) is 2.44. The highest BCUT2D eigenvalue weighted by Gasteiger charge is 2.23. The first-order valence-corrected chi connectivity index (χ1v) is 7.41. The molecule has 1 unspecified atom stereocenters. The quantitative estimate of drug-likeness (QED) is 0.839. The van der Waals surface area contributed by atoms with Crippen molar-refractivity contribution in [3.05, 3.63) is 35.1 Å². The number of carbonyl (C=O) groups excluding carboxylic acids is 1. The third kappa shape index (κ3) is 4.05. The van der Waals surface area contributed by atoms with E-state index >= 15 is 0 Å². The maximum Gasteiger partial charge on any atom is 0.252 e. The van der Waals surface area contributed by atoms with Gasteiger partial charge in [0, 0.05) is 11.6 Å². The third-order valence-corrected chi connectivity index (χ3v) is 4.02. The van der Waals surface area contributed by atoms with Gasteiger partial charge < -0.3 is 11.1 Å². The van der Waals surface area contributed by atoms with E-state index in [1.807, 2.05) is 6.92 Å². The first kappa shape index (κ1) is 15.5. The summed E-state index contributed by atoms with van der Waals surface area (Å²) in [6, 6.07) is 4.15. The molecule has 1 atom stereocenters. The molecule has 0 aliphatic heterocycles. The van der Waals surface area contributed by atoms with Gasteiger partial charge in [0.25, 0.3) is 5.91 Å². The minimum absolute atomic E-state index is 0.0959. The molecular weight excluding hydrogens is 267 g/mol. The summed E-state index contributed by atoms with van der Waals surface area (Å²) in [6.45, 7) is 2.22. The lowest BCUT2D eigenvalue weighted by Crippen LogP contribution is -2.37. The van der Waals surface area contributed by atoms with E-state index in [2.05, 4.69) is 17.2 Å². The Kier molecular flexibility index (Phi) is 5.35. The summed E-state index contributed by atoms with van der Waals surface area (Å²) in [7, 11) is 0. The highest BCUT2D eigenvalue weighted by molar-refractivity contribution is 5.97. The molecule has 0 aromatic heterocycles. The number of halogens is 1. The number of hydrogen-bond donors (Lipinski definition) is 2. The summed E-state index contributed by atoms with van der Waals surface area (Å²) in [5.74, 6) is 5.33. The van der Waals surface area contributed by atoms with E-state index in [4.69, 9.17) is 5.73 Å². The number of benzene rings is 1. The van der Waals surface area contributed by atoms with Gasteiger partial charge in [0.15, 0.2) is 0 Å². The zero-order valence-electron chi connectivity index (χ0n) is 12.3. The predicted molar refractivity (Wildman–Crippen MR) is 81.2 cm³/mol. The summed E-state index contributed by atoms with van der Waals surface area (Å²) in [5, 5.41) is 2.98. The van der Waals surface area contributed by atoms with Crippen LogP contribution in [-0.2, 0) is 0 Å². The monoisotopic (exact) mass is 288 g/mol. The fourth-order valence-electron chi connectivity index (χ4n) is 2.82. The largest absolute Gasteiger partial charge is 0.349 e. The fraction of sp³-hybridized carbons (Fsp3) is 0.471. The van der Waals surface area contributed by atoms with Crippen LogP contribution in [0.2, 0.25) is 0 Å². The Hall–Kier alpha value is -1.86. The van der Waals surface area contributed by atoms with Crippen molar-refractivity contribution < 1.29 is 9.18 Å². The van der Waals surface area contributed by atoms with E-state index in [9.17, 15) is 9.18 Å². The number of nitrogens with two attached hydrogens (primary N) is 1. The van der Waals surface area contributed by atoms with Gasteiger partial charge in [-0.05, 0) is 43.9 Å². The second-order valence-corrected chi connectivity index (χ2v) is 5.50. The van der Waals surface area contributed by atoms with Crippen molar-refractivity contribution in [3.8, 4) is 11.8 Å². The van der Waals surface area contributed by atoms with Crippen molar-refractivity contribution >= 4 is 5.91 Å². The van der Waals surface area contributed by atoms with Gasteiger partial charge in [-0.1, -0.05) is 24.7 Å². The lowest BCUT2D eigenvalue weighted by molar-refractivity contribution is 0.0926. The molecule has 1 aliphatic rings. The smallest absolute Gasteiger partial charge is 0.252 e. The zero-order valence-corrected chi connectivity index (χ0v) is 12.3. The number of amides is 1. The van der Waals surface area contributed by atoms with Gasteiger partial charge in [-0.15, -0.1) is 0 Å². The molecule has 0 saturated heterocycles. The van der Waals surface area contributed by atoms with Crippen LogP contribution >= 0.6 is 0 Å². The van der Waals surface area contributed by atoms with Gasteiger partial charge in [-0.2, -0.15) is 0 Å². The molecule has 3 N–H and O–H groups in total. The Balaban J connectivity index is 2.15. The summed E-state index contributed by atoms with van der Waals surface area (Å²) in [5.41, 5.74) is 6.14. The van der Waals surface area contributed by atoms with Crippen LogP contribution in [0.1, 0.15) is 48.5 Å². The third-order valence-electron chi connectivity index (χ3n) is 4.02. The van der Waals surface area contributed by atoms with Gasteiger partial charge in [-0.25, -0.2) is 4.39 Å². The molecule has 112 valence electrons. The molecular formula is C17H21FN2O. The fourth-order valence-corrected chi connectivity index (χ4v) is 2.82. The molecule has 0 bridgehead atoms. The van der Waals surface area contributed by atoms with Crippen molar-refractivity contribution in [1.29, 1.82) is 0 Å². The van der Waals surface area contributed by atoms with Crippen LogP contribution in [0.15, 0.2) is 18.2 Å². The molecule has 3 nitrogen and oxygen atoms in total. The minimum Gasteiger partial charge on any atom is -0.349 e. The average Bonchev–Trinajstić information content (AvgIpc) is 3.00. The first-order valence-electron chi connectivity index (χ1n) is 7.41. The van der Waals surface area contributed by atoms with Crippen LogP contribution in [0, 0.1) is 23.6 Å². The second-order valence-electron chi connectivity index (χ2n) is 5.50. The first-order chi connectivity index (χ1) is 10.1. The zero-order chi connectivity index (χ0) is 15.2. The minimum atomic E-state index is -0.438. The number of rotatable bonds is 3. The van der Waals surface area contributed by atoms with Gasteiger partial charge in [0.05, 0.1) is 12.1 Å². The molecule has 0 heterocycles.